The van der Waals surface area contributed by atoms with Crippen LogP contribution in [0.2, 0.25) is 0 Å². The molecule has 0 aliphatic heterocycles. The van der Waals surface area contributed by atoms with E-state index in [1.165, 1.54) is 83.5 Å². The molecule has 0 aromatic heterocycles. The van der Waals surface area contributed by atoms with Gasteiger partial charge in [0.05, 0.1) is 13.2 Å². The minimum atomic E-state index is -4.39. The number of hydrogen-bond donors (Lipinski definition) is 2. The standard InChI is InChI=1S/C47H82NO8P/c1-3-5-7-9-11-13-15-17-19-21-22-24-26-28-30-32-34-36-38-40-47(50)56-45(44-55-57(51,52)54-42-41-48)43-53-46(49)39-37-35-33-31-29-27-25-23-20-18-16-14-12-10-8-6-4-2/h6,8,12,14,17-20,25,27,31,33,45H,3-5,7,9-11,13,15-16,21-24,26,28-30,32,34-44,48H2,1-2H3,(H,51,52)/b8-6-,14-12-,19-17-,20-18-,27-25-,33-31-/t45-/m1/s1. The van der Waals surface area contributed by atoms with Gasteiger partial charge in [0.1, 0.15) is 6.61 Å². The Morgan fingerprint density at radius 2 is 0.982 bits per heavy atom. The summed E-state index contributed by atoms with van der Waals surface area (Å²) in [6, 6.07) is 0. The van der Waals surface area contributed by atoms with Crippen LogP contribution in [-0.2, 0) is 32.7 Å². The summed E-state index contributed by atoms with van der Waals surface area (Å²) >= 11 is 0. The van der Waals surface area contributed by atoms with Crippen molar-refractivity contribution >= 4 is 19.8 Å². The number of unbranched alkanes of at least 4 members (excludes halogenated alkanes) is 16. The molecule has 57 heavy (non-hydrogen) atoms. The molecule has 9 nitrogen and oxygen atoms in total. The summed E-state index contributed by atoms with van der Waals surface area (Å²) < 4.78 is 32.7. The van der Waals surface area contributed by atoms with Crippen LogP contribution in [0.3, 0.4) is 0 Å². The number of ether oxygens (including phenoxy) is 2. The summed E-state index contributed by atoms with van der Waals surface area (Å²) in [5.74, 6) is -0.902. The molecule has 0 saturated carbocycles. The van der Waals surface area contributed by atoms with Gasteiger partial charge in [-0.05, 0) is 77.0 Å². The van der Waals surface area contributed by atoms with E-state index in [0.29, 0.717) is 12.8 Å². The van der Waals surface area contributed by atoms with Crippen molar-refractivity contribution in [3.8, 4) is 0 Å². The van der Waals surface area contributed by atoms with Crippen molar-refractivity contribution in [3.63, 3.8) is 0 Å². The van der Waals surface area contributed by atoms with Crippen molar-refractivity contribution in [2.45, 2.75) is 187 Å². The highest BCUT2D eigenvalue weighted by Gasteiger charge is 2.26. The lowest BCUT2D eigenvalue weighted by atomic mass is 10.1. The number of carbonyl (C=O) groups excluding carboxylic acids is 2. The predicted molar refractivity (Wildman–Crippen MR) is 238 cm³/mol. The minimum absolute atomic E-state index is 0.0425. The van der Waals surface area contributed by atoms with E-state index >= 15 is 0 Å². The fraction of sp³-hybridized carbons (Fsp3) is 0.702. The molecule has 0 radical (unpaired) electrons. The van der Waals surface area contributed by atoms with E-state index in [4.69, 9.17) is 24.3 Å². The van der Waals surface area contributed by atoms with Gasteiger partial charge < -0.3 is 20.1 Å². The van der Waals surface area contributed by atoms with Gasteiger partial charge >= 0.3 is 19.8 Å². The van der Waals surface area contributed by atoms with Crippen LogP contribution in [0.4, 0.5) is 0 Å². The second-order valence-corrected chi connectivity index (χ2v) is 16.0. The van der Waals surface area contributed by atoms with Gasteiger partial charge in [-0.2, -0.15) is 0 Å². The third-order valence-electron chi connectivity index (χ3n) is 9.08. The second kappa shape index (κ2) is 43.0. The molecule has 0 aromatic carbocycles. The summed E-state index contributed by atoms with van der Waals surface area (Å²) in [6.45, 7) is 3.54. The zero-order valence-corrected chi connectivity index (χ0v) is 36.9. The molecule has 0 aromatic rings. The van der Waals surface area contributed by atoms with Crippen molar-refractivity contribution < 1.29 is 37.6 Å². The number of nitrogens with two attached hydrogens (primary N) is 1. The first kappa shape index (κ1) is 54.5. The average molecular weight is 820 g/mol. The van der Waals surface area contributed by atoms with Crippen molar-refractivity contribution in [2.75, 3.05) is 26.4 Å². The lowest BCUT2D eigenvalue weighted by Gasteiger charge is -2.19. The number of rotatable bonds is 41. The van der Waals surface area contributed by atoms with E-state index in [1.807, 2.05) is 6.08 Å². The number of allylic oxidation sites excluding steroid dienone is 12. The van der Waals surface area contributed by atoms with Crippen LogP contribution < -0.4 is 5.73 Å². The van der Waals surface area contributed by atoms with Crippen LogP contribution in [0.25, 0.3) is 0 Å². The van der Waals surface area contributed by atoms with Gasteiger partial charge in [0.15, 0.2) is 6.10 Å². The maximum Gasteiger partial charge on any atom is 0.472 e. The fourth-order valence-corrected chi connectivity index (χ4v) is 6.55. The first-order valence-electron chi connectivity index (χ1n) is 22.4. The largest absolute Gasteiger partial charge is 0.472 e. The summed E-state index contributed by atoms with van der Waals surface area (Å²) in [5, 5.41) is 0. The monoisotopic (exact) mass is 820 g/mol. The normalized spacial score (nSPS) is 14.0. The highest BCUT2D eigenvalue weighted by Crippen LogP contribution is 2.43. The van der Waals surface area contributed by atoms with E-state index in [1.54, 1.807) is 0 Å². The zero-order valence-electron chi connectivity index (χ0n) is 36.0. The molecule has 0 rings (SSSR count). The maximum atomic E-state index is 12.6. The summed E-state index contributed by atoms with van der Waals surface area (Å²) in [7, 11) is -4.39. The second-order valence-electron chi connectivity index (χ2n) is 14.5. The Labute approximate surface area is 348 Å². The van der Waals surface area contributed by atoms with Crippen molar-refractivity contribution in [3.05, 3.63) is 72.9 Å². The lowest BCUT2D eigenvalue weighted by molar-refractivity contribution is -0.161. The number of phosphoric acid groups is 1. The van der Waals surface area contributed by atoms with E-state index in [-0.39, 0.29) is 32.6 Å². The molecule has 0 aliphatic rings. The summed E-state index contributed by atoms with van der Waals surface area (Å²) in [6.07, 6.45) is 52.2. The molecule has 328 valence electrons. The maximum absolute atomic E-state index is 12.6. The highest BCUT2D eigenvalue weighted by atomic mass is 31.2. The smallest absolute Gasteiger partial charge is 0.462 e. The Bertz CT molecular complexity index is 1160. The van der Waals surface area contributed by atoms with Gasteiger partial charge in [-0.25, -0.2) is 4.57 Å². The minimum Gasteiger partial charge on any atom is -0.462 e. The molecule has 0 bridgehead atoms. The molecule has 0 amide bonds. The fourth-order valence-electron chi connectivity index (χ4n) is 5.78. The Morgan fingerprint density at radius 3 is 1.51 bits per heavy atom. The SMILES string of the molecule is CC/C=C\C/C=C\C/C=C\C/C=C\C/C=C\CCCC(=O)OC[C@H](COP(=O)(O)OCCN)OC(=O)CCCCCCCCCCC/C=C\CCCCCCCC. The molecule has 3 N–H and O–H groups in total. The Hall–Kier alpha value is -2.55. The molecule has 2 atom stereocenters. The molecule has 0 fully saturated rings. The predicted octanol–water partition coefficient (Wildman–Crippen LogP) is 13.1. The Morgan fingerprint density at radius 1 is 0.544 bits per heavy atom. The number of hydrogen-bond acceptors (Lipinski definition) is 8. The van der Waals surface area contributed by atoms with Crippen molar-refractivity contribution in [1.82, 2.24) is 0 Å². The molecule has 10 heteroatoms. The Balaban J connectivity index is 4.22. The first-order chi connectivity index (χ1) is 27.8. The van der Waals surface area contributed by atoms with Crippen molar-refractivity contribution in [2.24, 2.45) is 5.73 Å². The van der Waals surface area contributed by atoms with Crippen LogP contribution in [-0.4, -0.2) is 49.3 Å². The third kappa shape index (κ3) is 42.9. The van der Waals surface area contributed by atoms with E-state index in [2.05, 4.69) is 80.7 Å². The van der Waals surface area contributed by atoms with E-state index < -0.39 is 32.5 Å². The first-order valence-corrected chi connectivity index (χ1v) is 23.9. The average Bonchev–Trinajstić information content (AvgIpc) is 3.20. The van der Waals surface area contributed by atoms with Gasteiger partial charge in [0, 0.05) is 19.4 Å². The van der Waals surface area contributed by atoms with E-state index in [0.717, 1.165) is 57.8 Å². The zero-order chi connectivity index (χ0) is 41.8. The highest BCUT2D eigenvalue weighted by molar-refractivity contribution is 7.47. The number of carbonyl (C=O) groups is 2. The molecule has 0 spiro atoms. The Kier molecular flexibility index (Phi) is 41.1. The molecule has 1 unspecified atom stereocenters. The quantitative estimate of drug-likeness (QED) is 0.0267. The van der Waals surface area contributed by atoms with Gasteiger partial charge in [-0.15, -0.1) is 0 Å². The molecular formula is C47H82NO8P. The van der Waals surface area contributed by atoms with Crippen LogP contribution in [0.5, 0.6) is 0 Å². The van der Waals surface area contributed by atoms with Gasteiger partial charge in [0.25, 0.3) is 0 Å². The topological polar surface area (TPSA) is 134 Å². The third-order valence-corrected chi connectivity index (χ3v) is 10.1. The van der Waals surface area contributed by atoms with Gasteiger partial charge in [0.2, 0.25) is 0 Å². The number of phosphoric ester groups is 1. The summed E-state index contributed by atoms with van der Waals surface area (Å²) in [4.78, 5) is 34.9. The molecule has 0 aliphatic carbocycles. The van der Waals surface area contributed by atoms with Crippen LogP contribution in [0.15, 0.2) is 72.9 Å². The van der Waals surface area contributed by atoms with Crippen LogP contribution in [0, 0.1) is 0 Å². The molecule has 0 heterocycles. The van der Waals surface area contributed by atoms with Crippen molar-refractivity contribution in [1.29, 1.82) is 0 Å². The van der Waals surface area contributed by atoms with Gasteiger partial charge in [-0.3, -0.25) is 18.6 Å². The summed E-state index contributed by atoms with van der Waals surface area (Å²) in [5.41, 5.74) is 5.35. The molecular weight excluding hydrogens is 737 g/mol. The molecule has 0 saturated heterocycles. The van der Waals surface area contributed by atoms with Crippen LogP contribution >= 0.6 is 7.82 Å². The van der Waals surface area contributed by atoms with Gasteiger partial charge in [-0.1, -0.05) is 164 Å². The number of esters is 2. The lowest BCUT2D eigenvalue weighted by Crippen LogP contribution is -2.29. The van der Waals surface area contributed by atoms with Crippen LogP contribution in [0.1, 0.15) is 181 Å². The van der Waals surface area contributed by atoms with E-state index in [9.17, 15) is 19.0 Å².